The fourth-order valence-corrected chi connectivity index (χ4v) is 14.0. The Morgan fingerprint density at radius 3 is 1.32 bits per heavy atom. The Hall–Kier alpha value is -8.15. The second-order valence-electron chi connectivity index (χ2n) is 26.5. The number of hydrogen-bond acceptors (Lipinski definition) is 21. The molecule has 1 aromatic carbocycles. The number of phenolic OH excluding ortho intramolecular Hbond substituents is 1. The number of aromatic hydroxyl groups is 1. The molecule has 6 fully saturated rings. The van der Waals surface area contributed by atoms with Gasteiger partial charge >= 0.3 is 5.97 Å². The molecule has 6 aliphatic heterocycles. The predicted octanol–water partition coefficient (Wildman–Crippen LogP) is -5.88. The van der Waals surface area contributed by atoms with Crippen LogP contribution in [0, 0.1) is 0 Å². The van der Waals surface area contributed by atoms with E-state index in [1.807, 2.05) is 0 Å². The second kappa shape index (κ2) is 37.3. The van der Waals surface area contributed by atoms with Gasteiger partial charge in [0.1, 0.15) is 78.3 Å². The molecular weight excluding hydrogens is 1290 g/mol. The highest BCUT2D eigenvalue weighted by molar-refractivity contribution is 6.00. The van der Waals surface area contributed by atoms with Crippen molar-refractivity contribution in [1.29, 1.82) is 0 Å². The number of amides is 12. The third kappa shape index (κ3) is 20.3. The summed E-state index contributed by atoms with van der Waals surface area (Å²) in [5.41, 5.74) is 11.9. The van der Waals surface area contributed by atoms with Crippen LogP contribution in [0.1, 0.15) is 135 Å². The molecule has 6 saturated heterocycles. The first kappa shape index (κ1) is 78.2. The van der Waals surface area contributed by atoms with Crippen molar-refractivity contribution in [2.45, 2.75) is 227 Å². The number of carboxylic acid groups (broad SMARTS) is 1. The zero-order valence-electron chi connectivity index (χ0n) is 56.4. The summed E-state index contributed by atoms with van der Waals surface area (Å²) in [6.07, 6.45) is 2.52. The quantitative estimate of drug-likeness (QED) is 0.0286. The third-order valence-electron chi connectivity index (χ3n) is 19.4. The molecule has 0 spiro atoms. The van der Waals surface area contributed by atoms with Gasteiger partial charge in [0, 0.05) is 39.1 Å². The monoisotopic (exact) mass is 1400 g/mol. The Morgan fingerprint density at radius 1 is 0.465 bits per heavy atom. The minimum Gasteiger partial charge on any atom is -0.508 e. The number of rotatable bonds is 34. The molecule has 6 heterocycles. The molecule has 6 aliphatic rings. The first-order valence-corrected chi connectivity index (χ1v) is 34.7. The number of carboxylic acids is 1. The van der Waals surface area contributed by atoms with E-state index in [1.54, 1.807) is 0 Å². The number of aliphatic hydroxyl groups is 4. The highest BCUT2D eigenvalue weighted by Crippen LogP contribution is 2.29. The van der Waals surface area contributed by atoms with Gasteiger partial charge in [0.05, 0.1) is 31.5 Å². The molecule has 15 atom stereocenters. The van der Waals surface area contributed by atoms with Crippen LogP contribution in [0.5, 0.6) is 5.75 Å². The van der Waals surface area contributed by atoms with Gasteiger partial charge in [-0.15, -0.1) is 0 Å². The summed E-state index contributed by atoms with van der Waals surface area (Å²) in [7, 11) is 0. The number of nitrogens with one attached hydrogen (secondary N) is 8. The average Bonchev–Trinajstić information content (AvgIpc) is 1.70. The number of carbonyl (C=O) groups is 13. The summed E-state index contributed by atoms with van der Waals surface area (Å²) in [6, 6.07) is -11.4. The first-order valence-electron chi connectivity index (χ1n) is 34.7. The van der Waals surface area contributed by atoms with Crippen LogP contribution < -0.4 is 54.0 Å². The summed E-state index contributed by atoms with van der Waals surface area (Å²) in [5.74, 6) is -10.8. The van der Waals surface area contributed by atoms with Crippen LogP contribution in [-0.2, 0) is 68.7 Å². The molecule has 7 rings (SSSR count). The van der Waals surface area contributed by atoms with E-state index in [4.69, 9.17) is 11.5 Å². The van der Waals surface area contributed by atoms with Crippen molar-refractivity contribution in [2.24, 2.45) is 11.5 Å². The molecular formula is C65H101N15O19. The summed E-state index contributed by atoms with van der Waals surface area (Å²) < 4.78 is 0. The zero-order valence-corrected chi connectivity index (χ0v) is 56.4. The maximum absolute atomic E-state index is 14.6. The van der Waals surface area contributed by atoms with Crippen molar-refractivity contribution in [2.75, 3.05) is 65.6 Å². The van der Waals surface area contributed by atoms with Crippen LogP contribution in [-0.4, -0.2) is 288 Å². The van der Waals surface area contributed by atoms with Gasteiger partial charge in [-0.05, 0) is 167 Å². The van der Waals surface area contributed by atoms with E-state index >= 15 is 0 Å². The number of hydrogen-bond donors (Lipinski definition) is 16. The number of unbranched alkanes of at least 4 members (excludes halogenated alkanes) is 2. The van der Waals surface area contributed by atoms with E-state index in [1.165, 1.54) is 57.7 Å². The van der Waals surface area contributed by atoms with Gasteiger partial charge in [-0.3, -0.25) is 57.5 Å². The van der Waals surface area contributed by atoms with Crippen LogP contribution in [0.15, 0.2) is 24.3 Å². The summed E-state index contributed by atoms with van der Waals surface area (Å²) >= 11 is 0. The van der Waals surface area contributed by atoms with E-state index < -0.39 is 181 Å². The van der Waals surface area contributed by atoms with Crippen LogP contribution in [0.3, 0.4) is 0 Å². The van der Waals surface area contributed by atoms with Crippen molar-refractivity contribution in [3.63, 3.8) is 0 Å². The second-order valence-corrected chi connectivity index (χ2v) is 26.5. The smallest absolute Gasteiger partial charge is 0.326 e. The van der Waals surface area contributed by atoms with Gasteiger partial charge in [0.15, 0.2) is 0 Å². The van der Waals surface area contributed by atoms with E-state index in [0.717, 1.165) is 11.3 Å². The molecule has 0 unspecified atom stereocenters. The minimum atomic E-state index is -1.79. The molecule has 34 nitrogen and oxygen atoms in total. The molecule has 0 bridgehead atoms. The Morgan fingerprint density at radius 2 is 0.859 bits per heavy atom. The van der Waals surface area contributed by atoms with Crippen LogP contribution in [0.2, 0.25) is 0 Å². The van der Waals surface area contributed by atoms with Crippen molar-refractivity contribution in [3.8, 4) is 5.75 Å². The topological polar surface area (TPSA) is 508 Å². The summed E-state index contributed by atoms with van der Waals surface area (Å²) in [5, 5.41) is 83.6. The zero-order chi connectivity index (χ0) is 72.2. The van der Waals surface area contributed by atoms with E-state index in [0.29, 0.717) is 69.9 Å². The lowest BCUT2D eigenvalue weighted by Gasteiger charge is -2.34. The van der Waals surface area contributed by atoms with Crippen molar-refractivity contribution < 1.29 is 93.0 Å². The number of benzene rings is 1. The number of carbonyl (C=O) groups excluding carboxylic acids is 12. The highest BCUT2D eigenvalue weighted by Gasteiger charge is 2.48. The fourth-order valence-electron chi connectivity index (χ4n) is 14.0. The number of nitrogens with two attached hydrogens (primary N) is 2. The van der Waals surface area contributed by atoms with E-state index in [9.17, 15) is 93.0 Å². The Labute approximate surface area is 574 Å². The fraction of sp³-hybridized carbons (Fsp3) is 0.708. The molecule has 1 aromatic rings. The predicted molar refractivity (Wildman–Crippen MR) is 351 cm³/mol. The summed E-state index contributed by atoms with van der Waals surface area (Å²) in [6.45, 7) is 2.12. The Bertz CT molecular complexity index is 3030. The van der Waals surface area contributed by atoms with Gasteiger partial charge in [-0.2, -0.15) is 0 Å². The number of nitrogens with zero attached hydrogens (tertiary/aromatic N) is 5. The first-order chi connectivity index (χ1) is 47.3. The number of aliphatic hydroxyl groups excluding tert-OH is 4. The minimum absolute atomic E-state index is 0.0255. The maximum Gasteiger partial charge on any atom is 0.326 e. The van der Waals surface area contributed by atoms with E-state index in [-0.39, 0.29) is 109 Å². The van der Waals surface area contributed by atoms with Crippen LogP contribution in [0.25, 0.3) is 0 Å². The van der Waals surface area contributed by atoms with Gasteiger partial charge in [0.25, 0.3) is 0 Å². The third-order valence-corrected chi connectivity index (χ3v) is 19.4. The molecule has 99 heavy (non-hydrogen) atoms. The van der Waals surface area contributed by atoms with Crippen molar-refractivity contribution >= 4 is 76.9 Å². The molecule has 18 N–H and O–H groups in total. The van der Waals surface area contributed by atoms with Gasteiger partial charge in [-0.1, -0.05) is 12.1 Å². The largest absolute Gasteiger partial charge is 0.508 e. The van der Waals surface area contributed by atoms with Crippen LogP contribution >= 0.6 is 0 Å². The molecule has 12 amide bonds. The number of phenols is 1. The standard InChI is InChI=1S/C65H101N15O19/c1-36(83)51(74-53(86)40-15-7-27-68-40)58(91)70-42(14-4-6-26-67)61(94)78-30-10-18-48(78)63(96)77-29-9-17-47(77)57(90)75-52(37(2)84)59(92)71-43(33-38-21-23-39(85)24-22-38)54(87)73-45(35-82)62(95)76-28-8-16-46(76)56(89)72-44(34-81)55(88)69-41(13-3-5-25-66)60(93)79-31-11-19-49(79)64(97)80-32-12-20-50(80)65(98)99/h21-24,36-37,40-52,68,81-85H,3-20,25-35,66-67H2,1-2H3,(H,69,88)(H,70,91)(H,71,92)(H,72,89)(H,73,87)(H,74,86)(H,75,90)(H,98,99)/t36-,37-,40+,41+,42+,43+,44+,45+,46+,47+,48+,49+,50+,51+,52+/m1/s1. The molecule has 550 valence electrons. The highest BCUT2D eigenvalue weighted by atomic mass is 16.4. The number of likely N-dealkylation sites (tertiary alicyclic amines) is 5. The van der Waals surface area contributed by atoms with Crippen molar-refractivity contribution in [3.05, 3.63) is 29.8 Å². The van der Waals surface area contributed by atoms with Gasteiger partial charge < -0.3 is 109 Å². The van der Waals surface area contributed by atoms with E-state index in [2.05, 4.69) is 42.5 Å². The molecule has 0 saturated carbocycles. The lowest BCUT2D eigenvalue weighted by atomic mass is 10.0. The molecule has 0 radical (unpaired) electrons. The maximum atomic E-state index is 14.6. The Kier molecular flexibility index (Phi) is 29.5. The van der Waals surface area contributed by atoms with Gasteiger partial charge in [0.2, 0.25) is 70.9 Å². The summed E-state index contributed by atoms with van der Waals surface area (Å²) in [4.78, 5) is 188. The van der Waals surface area contributed by atoms with Gasteiger partial charge in [-0.25, -0.2) is 4.79 Å². The lowest BCUT2D eigenvalue weighted by molar-refractivity contribution is -0.152. The van der Waals surface area contributed by atoms with Crippen molar-refractivity contribution in [1.82, 2.24) is 67.0 Å². The van der Waals surface area contributed by atoms with Crippen LogP contribution in [0.4, 0.5) is 0 Å². The Balaban J connectivity index is 0.993. The number of aliphatic carboxylic acids is 1. The SMILES string of the molecule is C[C@@H](O)[C@H](NC(=O)[C@@H]1CCCN1)C(=O)N[C@@H](CCCCN)C(=O)N1CCC[C@H]1C(=O)N1CCC[C@H]1C(=O)N[C@H](C(=O)N[C@@H](Cc1ccc(O)cc1)C(=O)N[C@@H](CO)C(=O)N1CCC[C@H]1C(=O)N[C@@H](CO)C(=O)N[C@@H](CCCCN)C(=O)N1CCC[C@H]1C(=O)N1CCC[C@H]1C(=O)O)[C@@H](C)O. The average molecular weight is 1400 g/mol. The molecule has 34 heteroatoms. The molecule has 0 aliphatic carbocycles. The normalized spacial score (nSPS) is 23.4. The molecule has 0 aromatic heterocycles. The lowest BCUT2D eigenvalue weighted by Crippen LogP contribution is -2.62.